The van der Waals surface area contributed by atoms with E-state index in [4.69, 9.17) is 0 Å². The smallest absolute Gasteiger partial charge is 0.269 e. The van der Waals surface area contributed by atoms with Crippen LogP contribution in [0.3, 0.4) is 0 Å². The molecule has 0 spiro atoms. The van der Waals surface area contributed by atoms with Crippen molar-refractivity contribution in [3.05, 3.63) is 74.8 Å². The molecular formula is C19H20N2O5S. The lowest BCUT2D eigenvalue weighted by atomic mass is 10.1. The van der Waals surface area contributed by atoms with Crippen molar-refractivity contribution in [1.82, 2.24) is 4.31 Å². The maximum atomic E-state index is 12.9. The van der Waals surface area contributed by atoms with Gasteiger partial charge in [0.25, 0.3) is 21.6 Å². The van der Waals surface area contributed by atoms with Crippen LogP contribution in [0.5, 0.6) is 0 Å². The van der Waals surface area contributed by atoms with E-state index < -0.39 is 20.9 Å². The molecule has 8 heteroatoms. The van der Waals surface area contributed by atoms with Gasteiger partial charge in [0, 0.05) is 25.3 Å². The van der Waals surface area contributed by atoms with E-state index in [1.165, 1.54) is 31.3 Å². The first-order chi connectivity index (χ1) is 12.5. The number of carbonyl (C=O) groups is 1. The molecule has 0 saturated carbocycles. The van der Waals surface area contributed by atoms with Crippen LogP contribution in [0, 0.1) is 30.9 Å². The lowest BCUT2D eigenvalue weighted by molar-refractivity contribution is -0.384. The predicted octanol–water partition coefficient (Wildman–Crippen LogP) is 3.38. The van der Waals surface area contributed by atoms with Gasteiger partial charge >= 0.3 is 0 Å². The number of nitrogens with zero attached hydrogens (tertiary/aromatic N) is 2. The van der Waals surface area contributed by atoms with Gasteiger partial charge in [-0.2, -0.15) is 0 Å². The summed E-state index contributed by atoms with van der Waals surface area (Å²) in [7, 11) is -2.83. The normalized spacial score (nSPS) is 11.6. The third kappa shape index (κ3) is 4.40. The molecule has 0 bridgehead atoms. The zero-order valence-electron chi connectivity index (χ0n) is 15.5. The zero-order valence-corrected chi connectivity index (χ0v) is 16.3. The quantitative estimate of drug-likeness (QED) is 0.444. The van der Waals surface area contributed by atoms with Crippen molar-refractivity contribution in [2.24, 2.45) is 0 Å². The Labute approximate surface area is 158 Å². The summed E-state index contributed by atoms with van der Waals surface area (Å²) in [6.45, 7) is 5.24. The Balaban J connectivity index is 2.31. The first kappa shape index (κ1) is 20.3. The number of non-ortho nitro benzene ring substituents is 1. The van der Waals surface area contributed by atoms with Crippen LogP contribution in [0.15, 0.2) is 47.4 Å². The minimum Gasteiger partial charge on any atom is -0.269 e. The number of nitro groups is 1. The molecule has 1 amide bonds. The van der Waals surface area contributed by atoms with E-state index in [0.29, 0.717) is 21.0 Å². The molecule has 2 aromatic rings. The van der Waals surface area contributed by atoms with Gasteiger partial charge in [-0.25, -0.2) is 12.7 Å². The highest BCUT2D eigenvalue weighted by Crippen LogP contribution is 2.25. The molecule has 0 aromatic heterocycles. The van der Waals surface area contributed by atoms with Gasteiger partial charge < -0.3 is 0 Å². The molecule has 0 unspecified atom stereocenters. The third-order valence-electron chi connectivity index (χ3n) is 4.03. The number of hydrogen-bond acceptors (Lipinski definition) is 5. The van der Waals surface area contributed by atoms with Crippen LogP contribution in [0.25, 0.3) is 6.08 Å². The molecule has 0 aliphatic carbocycles. The van der Waals surface area contributed by atoms with Crippen LogP contribution in [-0.4, -0.2) is 30.6 Å². The number of benzene rings is 2. The number of hydrogen-bond donors (Lipinski definition) is 0. The molecule has 0 fully saturated rings. The van der Waals surface area contributed by atoms with Crippen LogP contribution in [0.4, 0.5) is 5.69 Å². The first-order valence-electron chi connectivity index (χ1n) is 8.07. The van der Waals surface area contributed by atoms with Crippen molar-refractivity contribution < 1.29 is 18.1 Å². The topological polar surface area (TPSA) is 97.6 Å². The lowest BCUT2D eigenvalue weighted by Crippen LogP contribution is -2.32. The highest BCUT2D eigenvalue weighted by molar-refractivity contribution is 7.89. The fourth-order valence-electron chi connectivity index (χ4n) is 2.84. The van der Waals surface area contributed by atoms with Crippen molar-refractivity contribution in [1.29, 1.82) is 0 Å². The summed E-state index contributed by atoms with van der Waals surface area (Å²) in [6.07, 6.45) is 2.42. The molecule has 0 saturated heterocycles. The second-order valence-electron chi connectivity index (χ2n) is 6.22. The van der Waals surface area contributed by atoms with Crippen molar-refractivity contribution in [3.8, 4) is 0 Å². The Hall–Kier alpha value is -3.00. The summed E-state index contributed by atoms with van der Waals surface area (Å²) in [5, 5.41) is 10.8. The molecule has 0 atom stereocenters. The molecule has 7 nitrogen and oxygen atoms in total. The molecule has 142 valence electrons. The van der Waals surface area contributed by atoms with Gasteiger partial charge in [0.15, 0.2) is 0 Å². The Morgan fingerprint density at radius 3 is 2.26 bits per heavy atom. The van der Waals surface area contributed by atoms with Gasteiger partial charge in [0.1, 0.15) is 0 Å². The molecule has 0 aliphatic heterocycles. The molecule has 2 rings (SSSR count). The van der Waals surface area contributed by atoms with E-state index in [-0.39, 0.29) is 10.6 Å². The van der Waals surface area contributed by atoms with Gasteiger partial charge in [-0.1, -0.05) is 29.8 Å². The fraction of sp³-hybridized carbons (Fsp3) is 0.211. The molecule has 0 aliphatic rings. The van der Waals surface area contributed by atoms with Crippen molar-refractivity contribution >= 4 is 27.7 Å². The number of carbonyl (C=O) groups excluding carboxylic acids is 1. The average Bonchev–Trinajstić information content (AvgIpc) is 2.58. The van der Waals surface area contributed by atoms with Gasteiger partial charge in [-0.05, 0) is 43.5 Å². The number of aryl methyl sites for hydroxylation is 3. The van der Waals surface area contributed by atoms with Crippen LogP contribution in [-0.2, 0) is 14.8 Å². The van der Waals surface area contributed by atoms with E-state index in [1.54, 1.807) is 32.0 Å². The third-order valence-corrected chi connectivity index (χ3v) is 6.09. The van der Waals surface area contributed by atoms with Crippen molar-refractivity contribution in [3.63, 3.8) is 0 Å². The zero-order chi connectivity index (χ0) is 20.4. The van der Waals surface area contributed by atoms with E-state index in [1.807, 2.05) is 6.92 Å². The summed E-state index contributed by atoms with van der Waals surface area (Å²) in [5.74, 6) is -0.749. The van der Waals surface area contributed by atoms with Crippen LogP contribution in [0.2, 0.25) is 0 Å². The van der Waals surface area contributed by atoms with Crippen LogP contribution >= 0.6 is 0 Å². The number of sulfonamides is 1. The summed E-state index contributed by atoms with van der Waals surface area (Å²) in [5.41, 5.74) is 2.37. The predicted molar refractivity (Wildman–Crippen MR) is 103 cm³/mol. The Bertz CT molecular complexity index is 1020. The number of likely N-dealkylation sites (N-methyl/N-ethyl adjacent to an activating group) is 1. The van der Waals surface area contributed by atoms with Gasteiger partial charge in [-0.3, -0.25) is 14.9 Å². The largest absolute Gasteiger partial charge is 0.270 e. The van der Waals surface area contributed by atoms with Crippen LogP contribution < -0.4 is 0 Å². The second kappa shape index (κ2) is 7.71. The summed E-state index contributed by atoms with van der Waals surface area (Å²) < 4.78 is 26.4. The summed E-state index contributed by atoms with van der Waals surface area (Å²) >= 11 is 0. The Morgan fingerprint density at radius 2 is 1.70 bits per heavy atom. The second-order valence-corrected chi connectivity index (χ2v) is 8.13. The molecule has 27 heavy (non-hydrogen) atoms. The Kier molecular flexibility index (Phi) is 5.80. The SMILES string of the molecule is Cc1cc(C)c(S(=O)(=O)N(C)C(=O)/C=C/c2cccc([N+](=O)[O-])c2)c(C)c1. The van der Waals surface area contributed by atoms with Crippen LogP contribution in [0.1, 0.15) is 22.3 Å². The highest BCUT2D eigenvalue weighted by Gasteiger charge is 2.27. The minimum absolute atomic E-state index is 0.104. The molecular weight excluding hydrogens is 368 g/mol. The first-order valence-corrected chi connectivity index (χ1v) is 9.51. The van der Waals surface area contributed by atoms with Crippen molar-refractivity contribution in [2.75, 3.05) is 7.05 Å². The molecule has 0 radical (unpaired) electrons. The molecule has 0 N–H and O–H groups in total. The lowest BCUT2D eigenvalue weighted by Gasteiger charge is -2.19. The average molecular weight is 388 g/mol. The number of amides is 1. The minimum atomic E-state index is -4.02. The fourth-order valence-corrected chi connectivity index (χ4v) is 4.35. The monoisotopic (exact) mass is 388 g/mol. The maximum Gasteiger partial charge on any atom is 0.270 e. The van der Waals surface area contributed by atoms with E-state index in [0.717, 1.165) is 11.6 Å². The Morgan fingerprint density at radius 1 is 1.11 bits per heavy atom. The van der Waals surface area contributed by atoms with Gasteiger partial charge in [0.05, 0.1) is 9.82 Å². The van der Waals surface area contributed by atoms with Crippen molar-refractivity contribution in [2.45, 2.75) is 25.7 Å². The standard InChI is InChI=1S/C19H20N2O5S/c1-13-10-14(2)19(15(3)11-13)27(25,26)20(4)18(22)9-8-16-6-5-7-17(12-16)21(23)24/h5-12H,1-4H3/b9-8+. The van der Waals surface area contributed by atoms with E-state index in [2.05, 4.69) is 0 Å². The van der Waals surface area contributed by atoms with Gasteiger partial charge in [0.2, 0.25) is 0 Å². The number of nitro benzene ring substituents is 1. The maximum absolute atomic E-state index is 12.9. The summed E-state index contributed by atoms with van der Waals surface area (Å²) in [6, 6.07) is 9.20. The molecule has 2 aromatic carbocycles. The number of rotatable bonds is 5. The summed E-state index contributed by atoms with van der Waals surface area (Å²) in [4.78, 5) is 22.7. The van der Waals surface area contributed by atoms with E-state index >= 15 is 0 Å². The molecule has 0 heterocycles. The van der Waals surface area contributed by atoms with Gasteiger partial charge in [-0.15, -0.1) is 0 Å². The highest BCUT2D eigenvalue weighted by atomic mass is 32.2. The van der Waals surface area contributed by atoms with E-state index in [9.17, 15) is 23.3 Å².